The Labute approximate surface area is 122 Å². The summed E-state index contributed by atoms with van der Waals surface area (Å²) in [6.45, 7) is 5.43. The van der Waals surface area contributed by atoms with Gasteiger partial charge in [0.1, 0.15) is 5.75 Å². The van der Waals surface area contributed by atoms with Crippen LogP contribution in [-0.4, -0.2) is 13.2 Å². The van der Waals surface area contributed by atoms with Crippen molar-refractivity contribution in [3.8, 4) is 5.75 Å². The van der Waals surface area contributed by atoms with Crippen LogP contribution in [0.3, 0.4) is 0 Å². The average molecular weight is 273 g/mol. The number of nitrogens with one attached hydrogen (secondary N) is 1. The lowest BCUT2D eigenvalue weighted by Gasteiger charge is -2.29. The molecule has 2 fully saturated rings. The Morgan fingerprint density at radius 2 is 2.15 bits per heavy atom. The number of methoxy groups -OCH3 is 1. The minimum absolute atomic E-state index is 0.621. The first kappa shape index (κ1) is 13.9. The summed E-state index contributed by atoms with van der Waals surface area (Å²) >= 11 is 0. The molecule has 1 aromatic carbocycles. The van der Waals surface area contributed by atoms with Gasteiger partial charge in [-0.3, -0.25) is 0 Å². The minimum atomic E-state index is 0.621. The molecule has 4 unspecified atom stereocenters. The predicted molar refractivity (Wildman–Crippen MR) is 83.0 cm³/mol. The zero-order chi connectivity index (χ0) is 14.1. The summed E-state index contributed by atoms with van der Waals surface area (Å²) in [6.07, 6.45) is 5.89. The van der Waals surface area contributed by atoms with E-state index in [1.165, 1.54) is 36.8 Å². The fraction of sp³-hybridized carbons (Fsp3) is 0.667. The van der Waals surface area contributed by atoms with E-state index < -0.39 is 0 Å². The molecular formula is C18H27NO. The zero-order valence-corrected chi connectivity index (χ0v) is 13.0. The second-order valence-electron chi connectivity index (χ2n) is 6.82. The van der Waals surface area contributed by atoms with E-state index in [1.54, 1.807) is 7.11 Å². The van der Waals surface area contributed by atoms with Gasteiger partial charge in [0.2, 0.25) is 0 Å². The van der Waals surface area contributed by atoms with Gasteiger partial charge in [0.15, 0.2) is 0 Å². The van der Waals surface area contributed by atoms with Crippen molar-refractivity contribution in [1.82, 2.24) is 5.32 Å². The standard InChI is InChI=1S/C18H27NO/c1-12-4-7-18(20-3)16(8-12)11-19-13(2)17-10-14-5-6-15(17)9-14/h4,7-8,13-15,17,19H,5-6,9-11H2,1-3H3. The molecule has 0 aliphatic heterocycles. The lowest BCUT2D eigenvalue weighted by Crippen LogP contribution is -2.35. The van der Waals surface area contributed by atoms with Crippen LogP contribution in [0.15, 0.2) is 18.2 Å². The molecule has 110 valence electrons. The van der Waals surface area contributed by atoms with Crippen LogP contribution in [-0.2, 0) is 6.54 Å². The molecule has 0 heterocycles. The molecule has 2 aliphatic rings. The van der Waals surface area contributed by atoms with Crippen LogP contribution in [0.1, 0.15) is 43.7 Å². The molecule has 2 nitrogen and oxygen atoms in total. The highest BCUT2D eigenvalue weighted by molar-refractivity contribution is 5.36. The topological polar surface area (TPSA) is 21.3 Å². The van der Waals surface area contributed by atoms with Crippen molar-refractivity contribution in [3.63, 3.8) is 0 Å². The molecule has 0 aromatic heterocycles. The normalized spacial score (nSPS) is 29.6. The van der Waals surface area contributed by atoms with Crippen molar-refractivity contribution in [3.05, 3.63) is 29.3 Å². The maximum absolute atomic E-state index is 5.47. The summed E-state index contributed by atoms with van der Waals surface area (Å²) in [6, 6.07) is 7.05. The second kappa shape index (κ2) is 5.77. The van der Waals surface area contributed by atoms with Gasteiger partial charge < -0.3 is 10.1 Å². The van der Waals surface area contributed by atoms with E-state index in [-0.39, 0.29) is 0 Å². The molecule has 4 atom stereocenters. The van der Waals surface area contributed by atoms with Crippen molar-refractivity contribution in [2.75, 3.05) is 7.11 Å². The van der Waals surface area contributed by atoms with Crippen LogP contribution in [0, 0.1) is 24.7 Å². The highest BCUT2D eigenvalue weighted by Gasteiger charge is 2.41. The fourth-order valence-corrected chi connectivity index (χ4v) is 4.37. The Morgan fingerprint density at radius 1 is 1.30 bits per heavy atom. The number of hydrogen-bond acceptors (Lipinski definition) is 2. The number of ether oxygens (including phenoxy) is 1. The fourth-order valence-electron chi connectivity index (χ4n) is 4.37. The Morgan fingerprint density at radius 3 is 2.80 bits per heavy atom. The summed E-state index contributed by atoms with van der Waals surface area (Å²) in [7, 11) is 1.76. The van der Waals surface area contributed by atoms with Crippen LogP contribution in [0.25, 0.3) is 0 Å². The Kier molecular flexibility index (Phi) is 4.02. The molecule has 1 N–H and O–H groups in total. The largest absolute Gasteiger partial charge is 0.496 e. The molecule has 0 amide bonds. The van der Waals surface area contributed by atoms with E-state index >= 15 is 0 Å². The lowest BCUT2D eigenvalue weighted by atomic mass is 9.84. The van der Waals surface area contributed by atoms with Crippen LogP contribution in [0.2, 0.25) is 0 Å². The van der Waals surface area contributed by atoms with Gasteiger partial charge in [-0.2, -0.15) is 0 Å². The maximum atomic E-state index is 5.47. The highest BCUT2D eigenvalue weighted by atomic mass is 16.5. The molecule has 2 aliphatic carbocycles. The van der Waals surface area contributed by atoms with Crippen molar-refractivity contribution >= 4 is 0 Å². The molecule has 0 spiro atoms. The second-order valence-corrected chi connectivity index (χ2v) is 6.82. The van der Waals surface area contributed by atoms with E-state index in [0.29, 0.717) is 6.04 Å². The summed E-state index contributed by atoms with van der Waals surface area (Å²) in [4.78, 5) is 0. The Bertz CT molecular complexity index is 470. The summed E-state index contributed by atoms with van der Waals surface area (Å²) in [5.74, 6) is 3.91. The van der Waals surface area contributed by atoms with E-state index in [4.69, 9.17) is 4.74 Å². The molecule has 3 rings (SSSR count). The first-order chi connectivity index (χ1) is 9.67. The SMILES string of the molecule is COc1ccc(C)cc1CNC(C)C1CC2CCC1C2. The van der Waals surface area contributed by atoms with Crippen LogP contribution >= 0.6 is 0 Å². The van der Waals surface area contributed by atoms with Gasteiger partial charge in [-0.1, -0.05) is 24.1 Å². The summed E-state index contributed by atoms with van der Waals surface area (Å²) in [5, 5.41) is 3.75. The molecule has 2 saturated carbocycles. The van der Waals surface area contributed by atoms with E-state index in [9.17, 15) is 0 Å². The number of rotatable bonds is 5. The number of benzene rings is 1. The van der Waals surface area contributed by atoms with E-state index in [2.05, 4.69) is 37.4 Å². The maximum Gasteiger partial charge on any atom is 0.123 e. The molecule has 0 saturated heterocycles. The summed E-state index contributed by atoms with van der Waals surface area (Å²) in [5.41, 5.74) is 2.58. The van der Waals surface area contributed by atoms with Gasteiger partial charge in [0.25, 0.3) is 0 Å². The summed E-state index contributed by atoms with van der Waals surface area (Å²) < 4.78 is 5.47. The third-order valence-electron chi connectivity index (χ3n) is 5.49. The number of aryl methyl sites for hydroxylation is 1. The van der Waals surface area contributed by atoms with Gasteiger partial charge in [-0.25, -0.2) is 0 Å². The molecule has 2 heteroatoms. The van der Waals surface area contributed by atoms with E-state index in [1.807, 2.05) is 0 Å². The average Bonchev–Trinajstić information content (AvgIpc) is 3.07. The minimum Gasteiger partial charge on any atom is -0.496 e. The van der Waals surface area contributed by atoms with Gasteiger partial charge >= 0.3 is 0 Å². The van der Waals surface area contributed by atoms with Crippen LogP contribution in [0.4, 0.5) is 0 Å². The lowest BCUT2D eigenvalue weighted by molar-refractivity contribution is 0.258. The van der Waals surface area contributed by atoms with Gasteiger partial charge in [-0.05, 0) is 56.9 Å². The third-order valence-corrected chi connectivity index (χ3v) is 5.49. The van der Waals surface area contributed by atoms with Crippen molar-refractivity contribution < 1.29 is 4.74 Å². The van der Waals surface area contributed by atoms with Gasteiger partial charge in [0.05, 0.1) is 7.11 Å². The smallest absolute Gasteiger partial charge is 0.123 e. The Hall–Kier alpha value is -1.02. The monoisotopic (exact) mass is 273 g/mol. The highest BCUT2D eigenvalue weighted by Crippen LogP contribution is 2.49. The van der Waals surface area contributed by atoms with Crippen LogP contribution in [0.5, 0.6) is 5.75 Å². The van der Waals surface area contributed by atoms with Crippen molar-refractivity contribution in [2.45, 2.75) is 52.1 Å². The van der Waals surface area contributed by atoms with Crippen molar-refractivity contribution in [1.29, 1.82) is 0 Å². The van der Waals surface area contributed by atoms with Crippen molar-refractivity contribution in [2.24, 2.45) is 17.8 Å². The van der Waals surface area contributed by atoms with Gasteiger partial charge in [-0.15, -0.1) is 0 Å². The van der Waals surface area contributed by atoms with E-state index in [0.717, 1.165) is 30.0 Å². The molecule has 0 radical (unpaired) electrons. The first-order valence-corrected chi connectivity index (χ1v) is 8.04. The molecule has 20 heavy (non-hydrogen) atoms. The van der Waals surface area contributed by atoms with Gasteiger partial charge in [0, 0.05) is 18.2 Å². The quantitative estimate of drug-likeness (QED) is 0.878. The molecule has 2 bridgehead atoms. The number of fused-ring (bicyclic) bond motifs is 2. The molecular weight excluding hydrogens is 246 g/mol. The number of hydrogen-bond donors (Lipinski definition) is 1. The predicted octanol–water partition coefficient (Wildman–Crippen LogP) is 3.92. The van der Waals surface area contributed by atoms with Crippen LogP contribution < -0.4 is 10.1 Å². The third kappa shape index (κ3) is 2.71. The first-order valence-electron chi connectivity index (χ1n) is 8.04. The zero-order valence-electron chi connectivity index (χ0n) is 13.0. The Balaban J connectivity index is 1.60. The molecule has 1 aromatic rings.